The van der Waals surface area contributed by atoms with Gasteiger partial charge >= 0.3 is 0 Å². The average molecular weight is 318 g/mol. The molecule has 0 aliphatic heterocycles. The molecule has 2 aromatic heterocycles. The third-order valence-corrected chi connectivity index (χ3v) is 3.71. The summed E-state index contributed by atoms with van der Waals surface area (Å²) in [7, 11) is 0. The van der Waals surface area contributed by atoms with Crippen molar-refractivity contribution in [1.82, 2.24) is 15.0 Å². The summed E-state index contributed by atoms with van der Waals surface area (Å²) in [6.45, 7) is 0. The quantitative estimate of drug-likeness (QED) is 0.716. The van der Waals surface area contributed by atoms with Crippen LogP contribution in [0, 0.1) is 0 Å². The molecule has 18 heavy (non-hydrogen) atoms. The van der Waals surface area contributed by atoms with Gasteiger partial charge in [0.15, 0.2) is 10.8 Å². The molecule has 0 N–H and O–H groups in total. The van der Waals surface area contributed by atoms with Crippen molar-refractivity contribution in [3.05, 3.63) is 52.6 Å². The number of aromatic nitrogens is 3. The molecule has 0 aliphatic rings. The molecular weight excluding hydrogens is 310 g/mol. The second-order valence-corrected chi connectivity index (χ2v) is 5.39. The molecule has 2 heterocycles. The van der Waals surface area contributed by atoms with Crippen molar-refractivity contribution in [2.24, 2.45) is 0 Å². The van der Waals surface area contributed by atoms with Gasteiger partial charge in [0.25, 0.3) is 0 Å². The van der Waals surface area contributed by atoms with E-state index < -0.39 is 0 Å². The lowest BCUT2D eigenvalue weighted by atomic mass is 10.2. The average Bonchev–Trinajstić information content (AvgIpc) is 2.89. The highest BCUT2D eigenvalue weighted by Crippen LogP contribution is 2.28. The molecule has 0 fully saturated rings. The van der Waals surface area contributed by atoms with Gasteiger partial charge in [0.05, 0.1) is 5.69 Å². The molecule has 3 aromatic rings. The summed E-state index contributed by atoms with van der Waals surface area (Å²) >= 11 is 5.01. The van der Waals surface area contributed by atoms with Crippen LogP contribution in [-0.4, -0.2) is 15.0 Å². The Balaban J connectivity index is 2.00. The number of nitrogens with zero attached hydrogens (tertiary/aromatic N) is 3. The zero-order valence-corrected chi connectivity index (χ0v) is 11.6. The van der Waals surface area contributed by atoms with Crippen LogP contribution in [0.25, 0.3) is 22.1 Å². The normalized spacial score (nSPS) is 10.5. The largest absolute Gasteiger partial charge is 0.234 e. The minimum absolute atomic E-state index is 0.670. The molecule has 5 heteroatoms. The predicted molar refractivity (Wildman–Crippen MR) is 76.3 cm³/mol. The highest BCUT2D eigenvalue weighted by molar-refractivity contribution is 9.10. The van der Waals surface area contributed by atoms with E-state index in [1.807, 2.05) is 29.6 Å². The van der Waals surface area contributed by atoms with Gasteiger partial charge in [-0.15, -0.1) is 11.3 Å². The maximum atomic E-state index is 4.56. The van der Waals surface area contributed by atoms with E-state index in [1.165, 1.54) is 0 Å². The smallest absolute Gasteiger partial charge is 0.188 e. The van der Waals surface area contributed by atoms with Gasteiger partial charge in [-0.2, -0.15) is 0 Å². The minimum atomic E-state index is 0.670. The first kappa shape index (κ1) is 11.5. The highest BCUT2D eigenvalue weighted by Gasteiger charge is 2.08. The van der Waals surface area contributed by atoms with Crippen molar-refractivity contribution < 1.29 is 0 Å². The van der Waals surface area contributed by atoms with Crippen LogP contribution >= 0.6 is 27.3 Å². The van der Waals surface area contributed by atoms with Crippen LogP contribution in [0.5, 0.6) is 0 Å². The van der Waals surface area contributed by atoms with E-state index in [9.17, 15) is 0 Å². The van der Waals surface area contributed by atoms with Gasteiger partial charge in [0, 0.05) is 27.8 Å². The van der Waals surface area contributed by atoms with Gasteiger partial charge in [-0.1, -0.05) is 28.1 Å². The van der Waals surface area contributed by atoms with E-state index in [2.05, 4.69) is 30.9 Å². The Morgan fingerprint density at radius 1 is 1.06 bits per heavy atom. The second kappa shape index (κ2) is 4.96. The molecule has 0 atom stereocenters. The van der Waals surface area contributed by atoms with Crippen molar-refractivity contribution in [1.29, 1.82) is 0 Å². The lowest BCUT2D eigenvalue weighted by molar-refractivity contribution is 1.16. The lowest BCUT2D eigenvalue weighted by Gasteiger charge is -1.97. The Morgan fingerprint density at radius 2 is 1.89 bits per heavy atom. The summed E-state index contributed by atoms with van der Waals surface area (Å²) in [5, 5.41) is 2.86. The highest BCUT2D eigenvalue weighted by atomic mass is 79.9. The van der Waals surface area contributed by atoms with Gasteiger partial charge in [-0.25, -0.2) is 15.0 Å². The van der Waals surface area contributed by atoms with Gasteiger partial charge in [-0.3, -0.25) is 0 Å². The van der Waals surface area contributed by atoms with E-state index in [1.54, 1.807) is 29.8 Å². The fourth-order valence-corrected chi connectivity index (χ4v) is 2.74. The molecular formula is C13H8BrN3S. The van der Waals surface area contributed by atoms with E-state index in [4.69, 9.17) is 0 Å². The molecule has 3 nitrogen and oxygen atoms in total. The van der Waals surface area contributed by atoms with E-state index in [0.29, 0.717) is 5.82 Å². The van der Waals surface area contributed by atoms with Crippen LogP contribution < -0.4 is 0 Å². The zero-order chi connectivity index (χ0) is 12.4. The summed E-state index contributed by atoms with van der Waals surface area (Å²) in [5.41, 5.74) is 2.03. The van der Waals surface area contributed by atoms with Crippen LogP contribution in [0.1, 0.15) is 0 Å². The first-order valence-electron chi connectivity index (χ1n) is 5.32. The molecule has 0 aliphatic carbocycles. The Hall–Kier alpha value is -1.59. The molecule has 1 aromatic carbocycles. The van der Waals surface area contributed by atoms with E-state index in [-0.39, 0.29) is 0 Å². The molecule has 3 rings (SSSR count). The standard InChI is InChI=1S/C13H8BrN3S/c14-10-4-1-3-9(7-10)11-8-18-13(17-11)12-15-5-2-6-16-12/h1-8H. The predicted octanol–water partition coefficient (Wildman–Crippen LogP) is 4.03. The van der Waals surface area contributed by atoms with E-state index >= 15 is 0 Å². The molecule has 88 valence electrons. The minimum Gasteiger partial charge on any atom is -0.234 e. The SMILES string of the molecule is Brc1cccc(-c2csc(-c3ncccn3)n2)c1. The van der Waals surface area contributed by atoms with Crippen LogP contribution in [0.3, 0.4) is 0 Å². The Morgan fingerprint density at radius 3 is 2.67 bits per heavy atom. The number of halogens is 1. The van der Waals surface area contributed by atoms with E-state index in [0.717, 1.165) is 20.7 Å². The van der Waals surface area contributed by atoms with Crippen LogP contribution in [0.15, 0.2) is 52.6 Å². The van der Waals surface area contributed by atoms with Gasteiger partial charge in [0.2, 0.25) is 0 Å². The monoisotopic (exact) mass is 317 g/mol. The molecule has 0 saturated heterocycles. The second-order valence-electron chi connectivity index (χ2n) is 3.62. The van der Waals surface area contributed by atoms with Crippen LogP contribution in [0.2, 0.25) is 0 Å². The van der Waals surface area contributed by atoms with Crippen LogP contribution in [0.4, 0.5) is 0 Å². The summed E-state index contributed by atoms with van der Waals surface area (Å²) in [6, 6.07) is 9.88. The van der Waals surface area contributed by atoms with Crippen LogP contribution in [-0.2, 0) is 0 Å². The van der Waals surface area contributed by atoms with Gasteiger partial charge in [0.1, 0.15) is 0 Å². The molecule has 0 radical (unpaired) electrons. The summed E-state index contributed by atoms with van der Waals surface area (Å²) in [5.74, 6) is 0.670. The number of hydrogen-bond donors (Lipinski definition) is 0. The Kier molecular flexibility index (Phi) is 3.17. The molecule has 0 unspecified atom stereocenters. The maximum absolute atomic E-state index is 4.56. The van der Waals surface area contributed by atoms with Crippen molar-refractivity contribution in [2.75, 3.05) is 0 Å². The maximum Gasteiger partial charge on any atom is 0.188 e. The lowest BCUT2D eigenvalue weighted by Crippen LogP contribution is -1.86. The summed E-state index contributed by atoms with van der Waals surface area (Å²) in [6.07, 6.45) is 3.45. The number of thiazole rings is 1. The zero-order valence-electron chi connectivity index (χ0n) is 9.25. The molecule has 0 spiro atoms. The molecule has 0 saturated carbocycles. The third-order valence-electron chi connectivity index (χ3n) is 2.38. The number of rotatable bonds is 2. The molecule has 0 bridgehead atoms. The fourth-order valence-electron chi connectivity index (χ4n) is 1.57. The Bertz CT molecular complexity index is 667. The Labute approximate surface area is 117 Å². The first-order chi connectivity index (χ1) is 8.83. The topological polar surface area (TPSA) is 38.7 Å². The third kappa shape index (κ3) is 2.32. The van der Waals surface area contributed by atoms with Crippen molar-refractivity contribution in [3.63, 3.8) is 0 Å². The first-order valence-corrected chi connectivity index (χ1v) is 6.99. The number of hydrogen-bond acceptors (Lipinski definition) is 4. The van der Waals surface area contributed by atoms with Gasteiger partial charge in [-0.05, 0) is 18.2 Å². The molecule has 0 amide bonds. The van der Waals surface area contributed by atoms with Crippen molar-refractivity contribution in [3.8, 4) is 22.1 Å². The van der Waals surface area contributed by atoms with Crippen molar-refractivity contribution >= 4 is 27.3 Å². The number of benzene rings is 1. The van der Waals surface area contributed by atoms with Gasteiger partial charge < -0.3 is 0 Å². The summed E-state index contributed by atoms with van der Waals surface area (Å²) < 4.78 is 1.05. The van der Waals surface area contributed by atoms with Crippen molar-refractivity contribution in [2.45, 2.75) is 0 Å². The fraction of sp³-hybridized carbons (Fsp3) is 0. The summed E-state index contributed by atoms with van der Waals surface area (Å²) in [4.78, 5) is 13.0.